The van der Waals surface area contributed by atoms with Gasteiger partial charge in [-0.2, -0.15) is 0 Å². The number of nitrogens with zero attached hydrogens (tertiary/aromatic N) is 2. The van der Waals surface area contributed by atoms with Gasteiger partial charge in [-0.3, -0.25) is 9.69 Å². The first-order chi connectivity index (χ1) is 11.0. The van der Waals surface area contributed by atoms with Crippen LogP contribution in [-0.4, -0.2) is 34.5 Å². The second kappa shape index (κ2) is 8.53. The van der Waals surface area contributed by atoms with E-state index in [0.29, 0.717) is 12.6 Å². The Bertz CT molecular complexity index is 495. The second-order valence-electron chi connectivity index (χ2n) is 7.47. The number of carbonyl (C=O) groups excluding carboxylic acids is 1. The predicted octanol–water partition coefficient (Wildman–Crippen LogP) is 3.49. The third kappa shape index (κ3) is 5.38. The molecule has 2 heterocycles. The lowest BCUT2D eigenvalue weighted by Crippen LogP contribution is -2.41. The lowest BCUT2D eigenvalue weighted by atomic mass is 10.0. The van der Waals surface area contributed by atoms with Crippen molar-refractivity contribution in [2.75, 3.05) is 13.1 Å². The maximum Gasteiger partial charge on any atom is 0.234 e. The highest BCUT2D eigenvalue weighted by Crippen LogP contribution is 2.31. The van der Waals surface area contributed by atoms with Gasteiger partial charge in [0.25, 0.3) is 0 Å². The molecule has 0 aliphatic carbocycles. The van der Waals surface area contributed by atoms with Crippen LogP contribution in [-0.2, 0) is 11.8 Å². The topological polar surface area (TPSA) is 37.3 Å². The number of nitrogens with one attached hydrogen (secondary N) is 1. The molecular formula is C19H33N3O. The quantitative estimate of drug-likeness (QED) is 0.796. The molecule has 1 saturated heterocycles. The molecule has 1 aromatic heterocycles. The fourth-order valence-electron chi connectivity index (χ4n) is 3.58. The molecule has 1 amide bonds. The smallest absolute Gasteiger partial charge is 0.234 e. The van der Waals surface area contributed by atoms with Gasteiger partial charge in [0.1, 0.15) is 0 Å². The van der Waals surface area contributed by atoms with Crippen molar-refractivity contribution in [1.82, 2.24) is 14.8 Å². The minimum absolute atomic E-state index is 0.170. The van der Waals surface area contributed by atoms with Crippen LogP contribution in [0.25, 0.3) is 0 Å². The van der Waals surface area contributed by atoms with Crippen molar-refractivity contribution < 1.29 is 4.79 Å². The fraction of sp³-hybridized carbons (Fsp3) is 0.737. The third-order valence-electron chi connectivity index (χ3n) is 4.86. The van der Waals surface area contributed by atoms with Crippen LogP contribution in [0.4, 0.5) is 0 Å². The zero-order chi connectivity index (χ0) is 16.8. The minimum Gasteiger partial charge on any atom is -0.353 e. The monoisotopic (exact) mass is 319 g/mol. The molecule has 130 valence electrons. The van der Waals surface area contributed by atoms with Crippen LogP contribution in [0.2, 0.25) is 0 Å². The minimum atomic E-state index is 0.170. The first-order valence-corrected chi connectivity index (χ1v) is 9.12. The zero-order valence-corrected chi connectivity index (χ0v) is 15.2. The van der Waals surface area contributed by atoms with Crippen LogP contribution in [0.3, 0.4) is 0 Å². The summed E-state index contributed by atoms with van der Waals surface area (Å²) in [5.41, 5.74) is 1.32. The highest BCUT2D eigenvalue weighted by atomic mass is 16.2. The molecule has 0 spiro atoms. The summed E-state index contributed by atoms with van der Waals surface area (Å²) in [4.78, 5) is 14.7. The van der Waals surface area contributed by atoms with Crippen molar-refractivity contribution in [1.29, 1.82) is 0 Å². The van der Waals surface area contributed by atoms with E-state index >= 15 is 0 Å². The predicted molar refractivity (Wildman–Crippen MR) is 95.3 cm³/mol. The molecule has 4 nitrogen and oxygen atoms in total. The largest absolute Gasteiger partial charge is 0.353 e. The summed E-state index contributed by atoms with van der Waals surface area (Å²) < 4.78 is 2.18. The number of rotatable bonds is 8. The van der Waals surface area contributed by atoms with E-state index in [4.69, 9.17) is 0 Å². The van der Waals surface area contributed by atoms with Crippen molar-refractivity contribution >= 4 is 5.91 Å². The molecular weight excluding hydrogens is 286 g/mol. The lowest BCUT2D eigenvalue weighted by molar-refractivity contribution is -0.123. The number of hydrogen-bond donors (Lipinski definition) is 1. The molecule has 1 aliphatic heterocycles. The Hall–Kier alpha value is -1.29. The summed E-state index contributed by atoms with van der Waals surface area (Å²) in [7, 11) is 2.09. The summed E-state index contributed by atoms with van der Waals surface area (Å²) in [6, 6.07) is 4.92. The van der Waals surface area contributed by atoms with Gasteiger partial charge in [0.2, 0.25) is 5.91 Å². The lowest BCUT2D eigenvalue weighted by Gasteiger charge is -2.25. The molecule has 2 atom stereocenters. The SMILES string of the molecule is CC(C)CCCC(C)NC(=O)CN1CCCC1c1cccn1C. The molecule has 2 rings (SSSR count). The Morgan fingerprint density at radius 3 is 2.78 bits per heavy atom. The van der Waals surface area contributed by atoms with E-state index in [2.05, 4.69) is 60.9 Å². The molecule has 0 saturated carbocycles. The second-order valence-corrected chi connectivity index (χ2v) is 7.47. The Balaban J connectivity index is 1.79. The molecule has 4 heteroatoms. The maximum atomic E-state index is 12.3. The third-order valence-corrected chi connectivity index (χ3v) is 4.86. The van der Waals surface area contributed by atoms with Gasteiger partial charge in [-0.15, -0.1) is 0 Å². The Labute approximate surface area is 141 Å². The van der Waals surface area contributed by atoms with Gasteiger partial charge in [0.05, 0.1) is 12.6 Å². The summed E-state index contributed by atoms with van der Waals surface area (Å²) >= 11 is 0. The molecule has 0 aromatic carbocycles. The number of hydrogen-bond acceptors (Lipinski definition) is 2. The van der Waals surface area contributed by atoms with Crippen LogP contribution in [0.1, 0.15) is 64.6 Å². The number of amides is 1. The fourth-order valence-corrected chi connectivity index (χ4v) is 3.58. The number of carbonyl (C=O) groups is 1. The highest BCUT2D eigenvalue weighted by molar-refractivity contribution is 5.78. The van der Waals surface area contributed by atoms with Gasteiger partial charge in [-0.1, -0.05) is 26.7 Å². The zero-order valence-electron chi connectivity index (χ0n) is 15.2. The van der Waals surface area contributed by atoms with Gasteiger partial charge >= 0.3 is 0 Å². The average Bonchev–Trinajstić information content (AvgIpc) is 3.06. The summed E-state index contributed by atoms with van der Waals surface area (Å²) in [5, 5.41) is 3.17. The van der Waals surface area contributed by atoms with E-state index in [9.17, 15) is 4.79 Å². The number of likely N-dealkylation sites (tertiary alicyclic amines) is 1. The summed E-state index contributed by atoms with van der Waals surface area (Å²) in [5.74, 6) is 0.914. The first-order valence-electron chi connectivity index (χ1n) is 9.12. The van der Waals surface area contributed by atoms with Crippen molar-refractivity contribution in [3.05, 3.63) is 24.0 Å². The van der Waals surface area contributed by atoms with Crippen molar-refractivity contribution in [3.63, 3.8) is 0 Å². The van der Waals surface area contributed by atoms with Crippen LogP contribution >= 0.6 is 0 Å². The molecule has 1 aliphatic rings. The van der Waals surface area contributed by atoms with Gasteiger partial charge in [-0.05, 0) is 50.8 Å². The van der Waals surface area contributed by atoms with Gasteiger partial charge in [-0.25, -0.2) is 0 Å². The molecule has 23 heavy (non-hydrogen) atoms. The standard InChI is InChI=1S/C19H33N3O/c1-15(2)8-5-9-16(3)20-19(23)14-22-13-7-11-18(22)17-10-6-12-21(17)4/h6,10,12,15-16,18H,5,7-9,11,13-14H2,1-4H3,(H,20,23). The van der Waals surface area contributed by atoms with Gasteiger partial charge in [0, 0.05) is 25.0 Å². The Morgan fingerprint density at radius 2 is 2.13 bits per heavy atom. The summed E-state index contributed by atoms with van der Waals surface area (Å²) in [6.45, 7) is 8.16. The van der Waals surface area contributed by atoms with Crippen LogP contribution < -0.4 is 5.32 Å². The van der Waals surface area contributed by atoms with Crippen molar-refractivity contribution in [3.8, 4) is 0 Å². The normalized spacial score (nSPS) is 20.1. The van der Waals surface area contributed by atoms with Crippen LogP contribution in [0, 0.1) is 5.92 Å². The molecule has 1 N–H and O–H groups in total. The maximum absolute atomic E-state index is 12.3. The van der Waals surface area contributed by atoms with Gasteiger partial charge in [0.15, 0.2) is 0 Å². The van der Waals surface area contributed by atoms with Crippen molar-refractivity contribution in [2.45, 2.75) is 65.0 Å². The molecule has 0 bridgehead atoms. The van der Waals surface area contributed by atoms with Crippen molar-refractivity contribution in [2.24, 2.45) is 13.0 Å². The van der Waals surface area contributed by atoms with Crippen LogP contribution in [0.15, 0.2) is 18.3 Å². The number of aromatic nitrogens is 1. The molecule has 1 fully saturated rings. The summed E-state index contributed by atoms with van der Waals surface area (Å²) in [6.07, 6.45) is 7.91. The number of aryl methyl sites for hydroxylation is 1. The Morgan fingerprint density at radius 1 is 1.35 bits per heavy atom. The first kappa shape index (κ1) is 18.1. The van der Waals surface area contributed by atoms with Crippen LogP contribution in [0.5, 0.6) is 0 Å². The van der Waals surface area contributed by atoms with E-state index in [1.54, 1.807) is 0 Å². The average molecular weight is 319 g/mol. The van der Waals surface area contributed by atoms with Gasteiger partial charge < -0.3 is 9.88 Å². The molecule has 2 unspecified atom stereocenters. The van der Waals surface area contributed by atoms with E-state index in [0.717, 1.165) is 25.3 Å². The Kier molecular flexibility index (Phi) is 6.70. The van der Waals surface area contributed by atoms with E-state index in [-0.39, 0.29) is 11.9 Å². The molecule has 0 radical (unpaired) electrons. The highest BCUT2D eigenvalue weighted by Gasteiger charge is 2.29. The van der Waals surface area contributed by atoms with E-state index in [1.165, 1.54) is 25.0 Å². The molecule has 1 aromatic rings. The van der Waals surface area contributed by atoms with E-state index < -0.39 is 0 Å². The van der Waals surface area contributed by atoms with E-state index in [1.807, 2.05) is 0 Å².